The summed E-state index contributed by atoms with van der Waals surface area (Å²) in [5.41, 5.74) is 3.95. The molecule has 0 saturated heterocycles. The maximum Gasteiger partial charge on any atom is 0.255 e. The van der Waals surface area contributed by atoms with Crippen molar-refractivity contribution in [3.05, 3.63) is 95.8 Å². The summed E-state index contributed by atoms with van der Waals surface area (Å²) in [4.78, 5) is 17.3. The molecule has 7 nitrogen and oxygen atoms in total. The number of pyridine rings is 1. The second-order valence-electron chi connectivity index (χ2n) is 7.19. The highest BCUT2D eigenvalue weighted by atomic mass is 16.5. The van der Waals surface area contributed by atoms with E-state index in [2.05, 4.69) is 10.3 Å². The first-order valence-electron chi connectivity index (χ1n) is 10.2. The number of carbonyl (C=O) groups excluding carboxylic acids is 1. The zero-order valence-corrected chi connectivity index (χ0v) is 18.0. The molecule has 0 aliphatic carbocycles. The number of ether oxygens (including phenoxy) is 2. The van der Waals surface area contributed by atoms with E-state index < -0.39 is 0 Å². The summed E-state index contributed by atoms with van der Waals surface area (Å²) in [7, 11) is 3.19. The van der Waals surface area contributed by atoms with Crippen LogP contribution in [0.2, 0.25) is 0 Å². The number of benzene rings is 2. The van der Waals surface area contributed by atoms with Gasteiger partial charge in [0.2, 0.25) is 5.88 Å². The van der Waals surface area contributed by atoms with Gasteiger partial charge in [-0.1, -0.05) is 36.4 Å². The summed E-state index contributed by atoms with van der Waals surface area (Å²) in [5.74, 6) is 1.07. The van der Waals surface area contributed by atoms with Gasteiger partial charge in [0.15, 0.2) is 0 Å². The molecule has 1 N–H and O–H groups in total. The van der Waals surface area contributed by atoms with Gasteiger partial charge in [0.25, 0.3) is 5.91 Å². The van der Waals surface area contributed by atoms with Crippen LogP contribution in [0.5, 0.6) is 11.6 Å². The lowest BCUT2D eigenvalue weighted by Gasteiger charge is -2.07. The lowest BCUT2D eigenvalue weighted by Crippen LogP contribution is -2.23. The van der Waals surface area contributed by atoms with E-state index >= 15 is 0 Å². The van der Waals surface area contributed by atoms with E-state index in [1.807, 2.05) is 60.7 Å². The quantitative estimate of drug-likeness (QED) is 0.460. The monoisotopic (exact) mass is 428 g/mol. The summed E-state index contributed by atoms with van der Waals surface area (Å²) in [6.07, 6.45) is 3.47. The Morgan fingerprint density at radius 1 is 0.938 bits per heavy atom. The van der Waals surface area contributed by atoms with Crippen LogP contribution in [-0.2, 0) is 13.1 Å². The van der Waals surface area contributed by atoms with Crippen molar-refractivity contribution in [2.75, 3.05) is 14.2 Å². The van der Waals surface area contributed by atoms with Crippen LogP contribution in [-0.4, -0.2) is 34.9 Å². The smallest absolute Gasteiger partial charge is 0.255 e. The molecule has 32 heavy (non-hydrogen) atoms. The zero-order valence-electron chi connectivity index (χ0n) is 18.0. The maximum atomic E-state index is 13.1. The molecule has 0 aliphatic rings. The Bertz CT molecular complexity index is 1170. The third kappa shape index (κ3) is 4.95. The molecule has 0 bridgehead atoms. The van der Waals surface area contributed by atoms with Crippen LogP contribution in [0, 0.1) is 0 Å². The van der Waals surface area contributed by atoms with Crippen molar-refractivity contribution in [2.24, 2.45) is 0 Å². The molecule has 162 valence electrons. The number of carbonyl (C=O) groups is 1. The molecule has 0 unspecified atom stereocenters. The normalized spacial score (nSPS) is 10.6. The molecule has 2 heterocycles. The fraction of sp³-hybridized carbons (Fsp3) is 0.160. The number of hydrogen-bond donors (Lipinski definition) is 1. The Kier molecular flexibility index (Phi) is 6.46. The van der Waals surface area contributed by atoms with Gasteiger partial charge in [0.1, 0.15) is 11.4 Å². The van der Waals surface area contributed by atoms with E-state index in [4.69, 9.17) is 14.6 Å². The van der Waals surface area contributed by atoms with E-state index in [1.54, 1.807) is 37.4 Å². The third-order valence-corrected chi connectivity index (χ3v) is 5.02. The molecule has 0 atom stereocenters. The predicted molar refractivity (Wildman–Crippen MR) is 122 cm³/mol. The van der Waals surface area contributed by atoms with Gasteiger partial charge >= 0.3 is 0 Å². The second kappa shape index (κ2) is 9.78. The molecule has 4 rings (SSSR count). The van der Waals surface area contributed by atoms with Crippen molar-refractivity contribution in [1.29, 1.82) is 0 Å². The lowest BCUT2D eigenvalue weighted by molar-refractivity contribution is 0.0951. The molecule has 0 fully saturated rings. The van der Waals surface area contributed by atoms with Crippen molar-refractivity contribution in [1.82, 2.24) is 20.1 Å². The standard InChI is InChI=1S/C25H24N4O3/c1-31-21-11-9-20(10-12-21)24-22(17-29(28-24)16-18-6-4-3-5-7-18)25(30)27-15-19-8-13-23(32-2)26-14-19/h3-14,17H,15-16H2,1-2H3,(H,27,30). The molecule has 2 aromatic carbocycles. The van der Waals surface area contributed by atoms with Gasteiger partial charge in [-0.2, -0.15) is 5.10 Å². The van der Waals surface area contributed by atoms with Gasteiger partial charge in [-0.3, -0.25) is 9.48 Å². The average Bonchev–Trinajstić information content (AvgIpc) is 3.27. The van der Waals surface area contributed by atoms with Gasteiger partial charge in [-0.25, -0.2) is 4.98 Å². The SMILES string of the molecule is COc1ccc(-c2nn(Cc3ccccc3)cc2C(=O)NCc2ccc(OC)nc2)cc1. The molecule has 1 amide bonds. The number of nitrogens with one attached hydrogen (secondary N) is 1. The molecular weight excluding hydrogens is 404 g/mol. The highest BCUT2D eigenvalue weighted by Gasteiger charge is 2.18. The summed E-state index contributed by atoms with van der Waals surface area (Å²) in [6, 6.07) is 21.2. The first-order chi connectivity index (χ1) is 15.7. The fourth-order valence-corrected chi connectivity index (χ4v) is 3.31. The zero-order chi connectivity index (χ0) is 22.3. The van der Waals surface area contributed by atoms with Crippen LogP contribution in [0.15, 0.2) is 79.1 Å². The largest absolute Gasteiger partial charge is 0.497 e. The average molecular weight is 428 g/mol. The Morgan fingerprint density at radius 3 is 2.38 bits per heavy atom. The summed E-state index contributed by atoms with van der Waals surface area (Å²) in [6.45, 7) is 0.918. The van der Waals surface area contributed by atoms with Gasteiger partial charge in [0, 0.05) is 30.6 Å². The second-order valence-corrected chi connectivity index (χ2v) is 7.19. The highest BCUT2D eigenvalue weighted by molar-refractivity contribution is 5.99. The molecule has 0 aliphatic heterocycles. The number of hydrogen-bond acceptors (Lipinski definition) is 5. The van der Waals surface area contributed by atoms with E-state index in [9.17, 15) is 4.79 Å². The molecular formula is C25H24N4O3. The molecule has 0 spiro atoms. The van der Waals surface area contributed by atoms with E-state index in [-0.39, 0.29) is 5.91 Å². The minimum atomic E-state index is -0.203. The van der Waals surface area contributed by atoms with Crippen LogP contribution in [0.3, 0.4) is 0 Å². The Balaban J connectivity index is 1.59. The number of aromatic nitrogens is 3. The van der Waals surface area contributed by atoms with Gasteiger partial charge in [0.05, 0.1) is 26.3 Å². The van der Waals surface area contributed by atoms with E-state index in [1.165, 1.54) is 0 Å². The van der Waals surface area contributed by atoms with Crippen LogP contribution >= 0.6 is 0 Å². The maximum absolute atomic E-state index is 13.1. The number of rotatable bonds is 8. The van der Waals surface area contributed by atoms with Gasteiger partial charge in [-0.05, 0) is 35.4 Å². The topological polar surface area (TPSA) is 78.3 Å². The number of methoxy groups -OCH3 is 2. The van der Waals surface area contributed by atoms with Crippen LogP contribution in [0.25, 0.3) is 11.3 Å². The Morgan fingerprint density at radius 2 is 1.72 bits per heavy atom. The molecule has 0 radical (unpaired) electrons. The predicted octanol–water partition coefficient (Wildman–Crippen LogP) is 3.94. The summed E-state index contributed by atoms with van der Waals surface area (Å²) < 4.78 is 12.1. The Hall–Kier alpha value is -4.13. The van der Waals surface area contributed by atoms with Crippen molar-refractivity contribution in [2.45, 2.75) is 13.1 Å². The molecule has 0 saturated carbocycles. The first-order valence-corrected chi connectivity index (χ1v) is 10.2. The molecule has 4 aromatic rings. The van der Waals surface area contributed by atoms with Crippen LogP contribution in [0.4, 0.5) is 0 Å². The third-order valence-electron chi connectivity index (χ3n) is 5.02. The van der Waals surface area contributed by atoms with E-state index in [0.717, 1.165) is 22.4 Å². The Labute approximate surface area is 186 Å². The van der Waals surface area contributed by atoms with Crippen molar-refractivity contribution in [3.8, 4) is 22.9 Å². The van der Waals surface area contributed by atoms with Crippen LogP contribution < -0.4 is 14.8 Å². The number of nitrogens with zero attached hydrogens (tertiary/aromatic N) is 3. The van der Waals surface area contributed by atoms with Crippen molar-refractivity contribution < 1.29 is 14.3 Å². The molecule has 2 aromatic heterocycles. The van der Waals surface area contributed by atoms with Gasteiger partial charge in [-0.15, -0.1) is 0 Å². The summed E-state index contributed by atoms with van der Waals surface area (Å²) in [5, 5.41) is 7.68. The lowest BCUT2D eigenvalue weighted by atomic mass is 10.1. The highest BCUT2D eigenvalue weighted by Crippen LogP contribution is 2.25. The minimum Gasteiger partial charge on any atom is -0.497 e. The molecule has 7 heteroatoms. The van der Waals surface area contributed by atoms with E-state index in [0.29, 0.717) is 30.2 Å². The minimum absolute atomic E-state index is 0.203. The first kappa shape index (κ1) is 21.1. The van der Waals surface area contributed by atoms with Crippen LogP contribution in [0.1, 0.15) is 21.5 Å². The van der Waals surface area contributed by atoms with Crippen molar-refractivity contribution in [3.63, 3.8) is 0 Å². The fourth-order valence-electron chi connectivity index (χ4n) is 3.31. The van der Waals surface area contributed by atoms with Gasteiger partial charge < -0.3 is 14.8 Å². The summed E-state index contributed by atoms with van der Waals surface area (Å²) >= 11 is 0. The number of amides is 1. The van der Waals surface area contributed by atoms with Crippen molar-refractivity contribution >= 4 is 5.91 Å².